The molecule has 2 amide bonds. The van der Waals surface area contributed by atoms with Gasteiger partial charge in [0.1, 0.15) is 0 Å². The van der Waals surface area contributed by atoms with Gasteiger partial charge in [0.05, 0.1) is 29.1 Å². The van der Waals surface area contributed by atoms with E-state index in [0.29, 0.717) is 37.8 Å². The third-order valence-corrected chi connectivity index (χ3v) is 6.86. The highest BCUT2D eigenvalue weighted by Crippen LogP contribution is 2.40. The first-order chi connectivity index (χ1) is 17.6. The van der Waals surface area contributed by atoms with Crippen LogP contribution in [-0.4, -0.2) is 43.4 Å². The van der Waals surface area contributed by atoms with E-state index >= 15 is 0 Å². The van der Waals surface area contributed by atoms with Crippen LogP contribution in [0, 0.1) is 0 Å². The lowest BCUT2D eigenvalue weighted by molar-refractivity contribution is -0.143. The predicted octanol–water partition coefficient (Wildman–Crippen LogP) is 5.46. The van der Waals surface area contributed by atoms with Crippen molar-refractivity contribution in [3.05, 3.63) is 70.8 Å². The van der Waals surface area contributed by atoms with Gasteiger partial charge in [0.2, 0.25) is 11.8 Å². The van der Waals surface area contributed by atoms with Crippen LogP contribution in [0.1, 0.15) is 60.8 Å². The molecule has 1 aliphatic rings. The summed E-state index contributed by atoms with van der Waals surface area (Å²) in [6.07, 6.45) is -8.09. The molecule has 2 aromatic carbocycles. The Morgan fingerprint density at radius 3 is 1.95 bits per heavy atom. The minimum absolute atomic E-state index is 0.0471. The fraction of sp³-hybridized carbons (Fsp3) is 0.481. The van der Waals surface area contributed by atoms with E-state index in [2.05, 4.69) is 10.6 Å². The molecular weight excluding hydrogens is 512 g/mol. The second-order valence-electron chi connectivity index (χ2n) is 10.1. The molecule has 11 heteroatoms. The highest BCUT2D eigenvalue weighted by molar-refractivity contribution is 5.84. The summed E-state index contributed by atoms with van der Waals surface area (Å²) >= 11 is 0. The Labute approximate surface area is 217 Å². The standard InChI is InChI=1S/C27H31F6N3O2/c1-17(18-13-20(26(28,29)30)15-21(14-18)27(31,32)33)24(38)35-25(19-7-5-4-6-8-19)11-9-22(10-12-25)34-23(37)16-36(2)3/h4-8,13-15,17,22H,9-12,16H2,1-3H3,(H,34,37)(H,35,38)/t17?,22-,25-. The third-order valence-electron chi connectivity index (χ3n) is 6.86. The Morgan fingerprint density at radius 1 is 0.947 bits per heavy atom. The molecule has 0 radical (unpaired) electrons. The number of likely N-dealkylation sites (N-methyl/N-ethyl adjacent to an activating group) is 1. The molecule has 5 nitrogen and oxygen atoms in total. The minimum atomic E-state index is -5.01. The van der Waals surface area contributed by atoms with Gasteiger partial charge in [0, 0.05) is 6.04 Å². The highest BCUT2D eigenvalue weighted by atomic mass is 19.4. The lowest BCUT2D eigenvalue weighted by Crippen LogP contribution is -2.52. The molecule has 1 unspecified atom stereocenters. The number of nitrogens with one attached hydrogen (secondary N) is 2. The molecule has 1 atom stereocenters. The Morgan fingerprint density at radius 2 is 1.47 bits per heavy atom. The van der Waals surface area contributed by atoms with Crippen molar-refractivity contribution in [1.29, 1.82) is 0 Å². The van der Waals surface area contributed by atoms with Crippen molar-refractivity contribution in [3.8, 4) is 0 Å². The number of nitrogens with zero attached hydrogens (tertiary/aromatic N) is 1. The van der Waals surface area contributed by atoms with E-state index in [9.17, 15) is 35.9 Å². The first-order valence-electron chi connectivity index (χ1n) is 12.2. The highest BCUT2D eigenvalue weighted by Gasteiger charge is 2.41. The largest absolute Gasteiger partial charge is 0.416 e. The number of carbonyl (C=O) groups excluding carboxylic acids is 2. The van der Waals surface area contributed by atoms with E-state index in [4.69, 9.17) is 0 Å². The van der Waals surface area contributed by atoms with Crippen LogP contribution >= 0.6 is 0 Å². The van der Waals surface area contributed by atoms with Crippen LogP contribution < -0.4 is 10.6 Å². The maximum absolute atomic E-state index is 13.4. The zero-order valence-corrected chi connectivity index (χ0v) is 21.3. The molecule has 2 N–H and O–H groups in total. The Bertz CT molecular complexity index is 1090. The summed E-state index contributed by atoms with van der Waals surface area (Å²) in [5, 5.41) is 5.92. The van der Waals surface area contributed by atoms with Crippen molar-refractivity contribution < 1.29 is 35.9 Å². The van der Waals surface area contributed by atoms with Crippen molar-refractivity contribution in [2.75, 3.05) is 20.6 Å². The van der Waals surface area contributed by atoms with E-state index in [-0.39, 0.29) is 30.1 Å². The molecule has 0 bridgehead atoms. The summed E-state index contributed by atoms with van der Waals surface area (Å²) in [4.78, 5) is 27.3. The van der Waals surface area contributed by atoms with Crippen LogP contribution in [0.3, 0.4) is 0 Å². The van der Waals surface area contributed by atoms with Crippen LogP contribution in [0.25, 0.3) is 0 Å². The number of alkyl halides is 6. The first kappa shape index (κ1) is 29.5. The fourth-order valence-electron chi connectivity index (χ4n) is 4.78. The molecule has 0 spiro atoms. The monoisotopic (exact) mass is 543 g/mol. The lowest BCUT2D eigenvalue weighted by atomic mass is 9.74. The molecular formula is C27H31F6N3O2. The molecule has 1 saturated carbocycles. The van der Waals surface area contributed by atoms with Crippen molar-refractivity contribution >= 4 is 11.8 Å². The van der Waals surface area contributed by atoms with E-state index < -0.39 is 40.8 Å². The molecule has 38 heavy (non-hydrogen) atoms. The van der Waals surface area contributed by atoms with Crippen LogP contribution in [0.4, 0.5) is 26.3 Å². The molecule has 0 heterocycles. The van der Waals surface area contributed by atoms with Gasteiger partial charge in [-0.25, -0.2) is 0 Å². The van der Waals surface area contributed by atoms with Crippen LogP contribution in [0.2, 0.25) is 0 Å². The summed E-state index contributed by atoms with van der Waals surface area (Å²) in [7, 11) is 3.55. The minimum Gasteiger partial charge on any atom is -0.352 e. The summed E-state index contributed by atoms with van der Waals surface area (Å²) < 4.78 is 80.1. The number of rotatable bonds is 7. The number of hydrogen-bond acceptors (Lipinski definition) is 3. The number of hydrogen-bond donors (Lipinski definition) is 2. The Hall–Kier alpha value is -3.08. The maximum atomic E-state index is 13.4. The Kier molecular flexibility index (Phi) is 8.80. The molecule has 0 saturated heterocycles. The molecule has 3 rings (SSSR count). The molecule has 1 fully saturated rings. The first-order valence-corrected chi connectivity index (χ1v) is 12.2. The number of amides is 2. The van der Waals surface area contributed by atoms with Gasteiger partial charge in [-0.05, 0) is 76.0 Å². The van der Waals surface area contributed by atoms with Crippen molar-refractivity contribution in [1.82, 2.24) is 15.5 Å². The van der Waals surface area contributed by atoms with Gasteiger partial charge in [-0.1, -0.05) is 30.3 Å². The van der Waals surface area contributed by atoms with Gasteiger partial charge in [-0.3, -0.25) is 9.59 Å². The third kappa shape index (κ3) is 7.27. The Balaban J connectivity index is 1.86. The second-order valence-corrected chi connectivity index (χ2v) is 10.1. The van der Waals surface area contributed by atoms with Gasteiger partial charge in [-0.15, -0.1) is 0 Å². The fourth-order valence-corrected chi connectivity index (χ4v) is 4.78. The maximum Gasteiger partial charge on any atom is 0.416 e. The zero-order valence-electron chi connectivity index (χ0n) is 21.3. The summed E-state index contributed by atoms with van der Waals surface area (Å²) in [6.45, 7) is 1.52. The van der Waals surface area contributed by atoms with Crippen molar-refractivity contribution in [2.24, 2.45) is 0 Å². The average Bonchev–Trinajstić information content (AvgIpc) is 2.83. The van der Waals surface area contributed by atoms with Gasteiger partial charge in [0.25, 0.3) is 0 Å². The summed E-state index contributed by atoms with van der Waals surface area (Å²) in [5.41, 5.74) is -3.41. The van der Waals surface area contributed by atoms with Crippen molar-refractivity contribution in [3.63, 3.8) is 0 Å². The van der Waals surface area contributed by atoms with Crippen molar-refractivity contribution in [2.45, 2.75) is 62.5 Å². The van der Waals surface area contributed by atoms with Gasteiger partial charge >= 0.3 is 12.4 Å². The van der Waals surface area contributed by atoms with Gasteiger partial charge < -0.3 is 15.5 Å². The van der Waals surface area contributed by atoms with E-state index in [0.717, 1.165) is 5.56 Å². The van der Waals surface area contributed by atoms with Gasteiger partial charge in [0.15, 0.2) is 0 Å². The molecule has 208 valence electrons. The molecule has 1 aliphatic carbocycles. The van der Waals surface area contributed by atoms with Crippen LogP contribution in [0.5, 0.6) is 0 Å². The quantitative estimate of drug-likeness (QED) is 0.456. The van der Waals surface area contributed by atoms with E-state index in [1.54, 1.807) is 37.2 Å². The van der Waals surface area contributed by atoms with Crippen LogP contribution in [-0.2, 0) is 27.5 Å². The zero-order chi connectivity index (χ0) is 28.3. The SMILES string of the molecule is CC(C(=O)N[C@]1(c2ccccc2)CC[C@@H](NC(=O)CN(C)C)CC1)c1cc(C(F)(F)F)cc(C(F)(F)F)c1. The van der Waals surface area contributed by atoms with E-state index in [1.807, 2.05) is 12.1 Å². The lowest BCUT2D eigenvalue weighted by Gasteiger charge is -2.42. The number of halogens is 6. The number of carbonyl (C=O) groups is 2. The molecule has 2 aromatic rings. The smallest absolute Gasteiger partial charge is 0.352 e. The summed E-state index contributed by atoms with van der Waals surface area (Å²) in [5.74, 6) is -2.09. The normalized spacial score (nSPS) is 21.2. The second kappa shape index (κ2) is 11.3. The predicted molar refractivity (Wildman–Crippen MR) is 130 cm³/mol. The topological polar surface area (TPSA) is 61.4 Å². The summed E-state index contributed by atoms with van der Waals surface area (Å²) in [6, 6.07) is 10.1. The number of benzene rings is 2. The van der Waals surface area contributed by atoms with E-state index in [1.165, 1.54) is 6.92 Å². The van der Waals surface area contributed by atoms with Gasteiger partial charge in [-0.2, -0.15) is 26.3 Å². The molecule has 0 aromatic heterocycles. The molecule has 0 aliphatic heterocycles. The van der Waals surface area contributed by atoms with Crippen LogP contribution in [0.15, 0.2) is 48.5 Å². The average molecular weight is 544 g/mol.